The van der Waals surface area contributed by atoms with Crippen molar-refractivity contribution in [3.8, 4) is 11.6 Å². The average molecular weight is 240 g/mol. The fourth-order valence-electron chi connectivity index (χ4n) is 1.71. The van der Waals surface area contributed by atoms with Gasteiger partial charge in [-0.2, -0.15) is 4.98 Å². The average Bonchev–Trinajstić information content (AvgIpc) is 2.83. The summed E-state index contributed by atoms with van der Waals surface area (Å²) < 4.78 is 5.76. The summed E-state index contributed by atoms with van der Waals surface area (Å²) in [4.78, 5) is 15.2. The van der Waals surface area contributed by atoms with Gasteiger partial charge in [0.1, 0.15) is 17.6 Å². The number of nitrogens with zero attached hydrogens (tertiary/aromatic N) is 3. The molecule has 0 saturated heterocycles. The first-order valence-electron chi connectivity index (χ1n) is 5.63. The van der Waals surface area contributed by atoms with Gasteiger partial charge in [-0.1, -0.05) is 6.07 Å². The third kappa shape index (κ3) is 1.79. The molecule has 18 heavy (non-hydrogen) atoms. The number of aryl methyl sites for hydroxylation is 2. The van der Waals surface area contributed by atoms with E-state index in [1.165, 1.54) is 17.5 Å². The van der Waals surface area contributed by atoms with Gasteiger partial charge in [-0.15, -0.1) is 0 Å². The molecule has 0 aliphatic rings. The van der Waals surface area contributed by atoms with Crippen LogP contribution in [0.25, 0.3) is 11.2 Å². The van der Waals surface area contributed by atoms with Crippen LogP contribution >= 0.6 is 0 Å². The molecule has 0 atom stereocenters. The highest BCUT2D eigenvalue weighted by Gasteiger charge is 2.08. The zero-order valence-corrected chi connectivity index (χ0v) is 10.1. The Bertz CT molecular complexity index is 705. The van der Waals surface area contributed by atoms with E-state index in [1.807, 2.05) is 25.1 Å². The largest absolute Gasteiger partial charge is 0.437 e. The maximum atomic E-state index is 5.76. The SMILES string of the molecule is Cc1ccc(Oc2ncnc3nc[nH]c23)cc1C. The van der Waals surface area contributed by atoms with Crippen LogP contribution in [0.1, 0.15) is 11.1 Å². The topological polar surface area (TPSA) is 63.7 Å². The summed E-state index contributed by atoms with van der Waals surface area (Å²) in [7, 11) is 0. The molecular formula is C13H12N4O. The highest BCUT2D eigenvalue weighted by Crippen LogP contribution is 2.25. The van der Waals surface area contributed by atoms with Gasteiger partial charge >= 0.3 is 0 Å². The van der Waals surface area contributed by atoms with Crippen molar-refractivity contribution in [2.75, 3.05) is 0 Å². The maximum Gasteiger partial charge on any atom is 0.248 e. The van der Waals surface area contributed by atoms with Crippen molar-refractivity contribution >= 4 is 11.2 Å². The number of imidazole rings is 1. The van der Waals surface area contributed by atoms with E-state index >= 15 is 0 Å². The molecule has 0 amide bonds. The summed E-state index contributed by atoms with van der Waals surface area (Å²) in [5, 5.41) is 0. The lowest BCUT2D eigenvalue weighted by Gasteiger charge is -2.07. The zero-order valence-electron chi connectivity index (χ0n) is 10.1. The highest BCUT2D eigenvalue weighted by atomic mass is 16.5. The van der Waals surface area contributed by atoms with Gasteiger partial charge in [0.05, 0.1) is 6.33 Å². The fourth-order valence-corrected chi connectivity index (χ4v) is 1.71. The lowest BCUT2D eigenvalue weighted by atomic mass is 10.1. The highest BCUT2D eigenvalue weighted by molar-refractivity contribution is 5.75. The molecule has 0 radical (unpaired) electrons. The number of nitrogens with one attached hydrogen (secondary N) is 1. The first-order valence-corrected chi connectivity index (χ1v) is 5.63. The second kappa shape index (κ2) is 4.10. The molecule has 0 fully saturated rings. The van der Waals surface area contributed by atoms with Crippen molar-refractivity contribution in [2.45, 2.75) is 13.8 Å². The number of H-pyrrole nitrogens is 1. The Hall–Kier alpha value is -2.43. The lowest BCUT2D eigenvalue weighted by molar-refractivity contribution is 0.466. The molecule has 0 unspecified atom stereocenters. The monoisotopic (exact) mass is 240 g/mol. The molecule has 0 bridgehead atoms. The second-order valence-electron chi connectivity index (χ2n) is 4.13. The second-order valence-corrected chi connectivity index (χ2v) is 4.13. The maximum absolute atomic E-state index is 5.76. The molecule has 3 rings (SSSR count). The number of aromatic nitrogens is 4. The first-order chi connectivity index (χ1) is 8.74. The lowest BCUT2D eigenvalue weighted by Crippen LogP contribution is -1.92. The van der Waals surface area contributed by atoms with Crippen molar-refractivity contribution < 1.29 is 4.74 Å². The van der Waals surface area contributed by atoms with Crippen LogP contribution < -0.4 is 4.74 Å². The number of aromatic amines is 1. The summed E-state index contributed by atoms with van der Waals surface area (Å²) in [6, 6.07) is 5.93. The summed E-state index contributed by atoms with van der Waals surface area (Å²) in [5.74, 6) is 1.24. The van der Waals surface area contributed by atoms with Crippen molar-refractivity contribution in [1.29, 1.82) is 0 Å². The van der Waals surface area contributed by atoms with Crippen LogP contribution in [-0.4, -0.2) is 19.9 Å². The third-order valence-corrected chi connectivity index (χ3v) is 2.88. The van der Waals surface area contributed by atoms with Crippen molar-refractivity contribution in [1.82, 2.24) is 19.9 Å². The Labute approximate surface area is 104 Å². The van der Waals surface area contributed by atoms with E-state index in [4.69, 9.17) is 4.74 Å². The molecule has 0 spiro atoms. The van der Waals surface area contributed by atoms with Crippen LogP contribution in [0.15, 0.2) is 30.9 Å². The number of hydrogen-bond donors (Lipinski definition) is 1. The molecule has 1 N–H and O–H groups in total. The Balaban J connectivity index is 2.01. The van der Waals surface area contributed by atoms with Gasteiger partial charge in [-0.3, -0.25) is 0 Å². The smallest absolute Gasteiger partial charge is 0.248 e. The van der Waals surface area contributed by atoms with E-state index in [2.05, 4.69) is 26.9 Å². The number of hydrogen-bond acceptors (Lipinski definition) is 4. The molecule has 0 aliphatic heterocycles. The molecule has 0 saturated carbocycles. The molecule has 90 valence electrons. The van der Waals surface area contributed by atoms with Gasteiger partial charge in [0.2, 0.25) is 5.88 Å². The first kappa shape index (κ1) is 10.7. The van der Waals surface area contributed by atoms with Crippen LogP contribution in [0, 0.1) is 13.8 Å². The number of rotatable bonds is 2. The quantitative estimate of drug-likeness (QED) is 0.748. The standard InChI is InChI=1S/C13H12N4O/c1-8-3-4-10(5-9(8)2)18-13-11-12(15-6-14-11)16-7-17-13/h3-7H,1-2H3,(H,14,15,16,17). The van der Waals surface area contributed by atoms with E-state index in [0.29, 0.717) is 17.0 Å². The molecular weight excluding hydrogens is 228 g/mol. The van der Waals surface area contributed by atoms with Crippen LogP contribution in [0.3, 0.4) is 0 Å². The van der Waals surface area contributed by atoms with Gasteiger partial charge < -0.3 is 9.72 Å². The van der Waals surface area contributed by atoms with Crippen LogP contribution in [0.5, 0.6) is 11.6 Å². The van der Waals surface area contributed by atoms with Crippen molar-refractivity contribution in [2.24, 2.45) is 0 Å². The summed E-state index contributed by atoms with van der Waals surface area (Å²) >= 11 is 0. The van der Waals surface area contributed by atoms with E-state index in [-0.39, 0.29) is 0 Å². The Morgan fingerprint density at radius 1 is 1.06 bits per heavy atom. The molecule has 3 aromatic rings. The fraction of sp³-hybridized carbons (Fsp3) is 0.154. The minimum Gasteiger partial charge on any atom is -0.437 e. The summed E-state index contributed by atoms with van der Waals surface area (Å²) in [5.41, 5.74) is 3.72. The van der Waals surface area contributed by atoms with Gasteiger partial charge in [0.25, 0.3) is 0 Å². The van der Waals surface area contributed by atoms with Crippen LogP contribution in [0.4, 0.5) is 0 Å². The number of ether oxygens (including phenoxy) is 1. The zero-order chi connectivity index (χ0) is 12.5. The predicted molar refractivity (Wildman–Crippen MR) is 67.7 cm³/mol. The van der Waals surface area contributed by atoms with E-state index in [9.17, 15) is 0 Å². The molecule has 2 heterocycles. The third-order valence-electron chi connectivity index (χ3n) is 2.88. The Morgan fingerprint density at radius 2 is 1.94 bits per heavy atom. The van der Waals surface area contributed by atoms with E-state index in [0.717, 1.165) is 5.75 Å². The molecule has 2 aromatic heterocycles. The summed E-state index contributed by atoms with van der Waals surface area (Å²) in [6.07, 6.45) is 3.02. The molecule has 5 heteroatoms. The van der Waals surface area contributed by atoms with E-state index in [1.54, 1.807) is 6.33 Å². The molecule has 1 aromatic carbocycles. The summed E-state index contributed by atoms with van der Waals surface area (Å²) in [6.45, 7) is 4.12. The van der Waals surface area contributed by atoms with Gasteiger partial charge in [-0.25, -0.2) is 9.97 Å². The van der Waals surface area contributed by atoms with Crippen molar-refractivity contribution in [3.05, 3.63) is 42.0 Å². The van der Waals surface area contributed by atoms with Gasteiger partial charge in [-0.05, 0) is 37.1 Å². The van der Waals surface area contributed by atoms with Gasteiger partial charge in [0.15, 0.2) is 5.65 Å². The molecule has 0 aliphatic carbocycles. The number of fused-ring (bicyclic) bond motifs is 1. The Kier molecular flexibility index (Phi) is 2.44. The predicted octanol–water partition coefficient (Wildman–Crippen LogP) is 2.76. The number of benzene rings is 1. The minimum absolute atomic E-state index is 0.487. The Morgan fingerprint density at radius 3 is 2.78 bits per heavy atom. The van der Waals surface area contributed by atoms with Gasteiger partial charge in [0, 0.05) is 0 Å². The minimum atomic E-state index is 0.487. The van der Waals surface area contributed by atoms with Crippen LogP contribution in [-0.2, 0) is 0 Å². The van der Waals surface area contributed by atoms with E-state index < -0.39 is 0 Å². The van der Waals surface area contributed by atoms with Crippen molar-refractivity contribution in [3.63, 3.8) is 0 Å². The van der Waals surface area contributed by atoms with Crippen LogP contribution in [0.2, 0.25) is 0 Å². The normalized spacial score (nSPS) is 10.8. The molecule has 5 nitrogen and oxygen atoms in total.